The number of carbonyl (C=O) groups excluding carboxylic acids is 1. The van der Waals surface area contributed by atoms with E-state index in [9.17, 15) is 4.79 Å². The maximum atomic E-state index is 12.6. The highest BCUT2D eigenvalue weighted by Gasteiger charge is 2.30. The van der Waals surface area contributed by atoms with Crippen molar-refractivity contribution < 1.29 is 4.79 Å². The molecule has 1 N–H and O–H groups in total. The third kappa shape index (κ3) is 3.69. The molecule has 1 saturated carbocycles. The summed E-state index contributed by atoms with van der Waals surface area (Å²) in [6.07, 6.45) is 4.96. The van der Waals surface area contributed by atoms with E-state index in [1.807, 2.05) is 0 Å². The minimum absolute atomic E-state index is 0.328. The van der Waals surface area contributed by atoms with Gasteiger partial charge in [-0.3, -0.25) is 9.69 Å². The minimum atomic E-state index is 0.328. The normalized spacial score (nSPS) is 26.0. The third-order valence-electron chi connectivity index (χ3n) is 4.54. The third-order valence-corrected chi connectivity index (χ3v) is 4.54. The fraction of sp³-hybridized carbons (Fsp3) is 0.933. The average molecular weight is 267 g/mol. The van der Waals surface area contributed by atoms with Crippen LogP contribution in [0.5, 0.6) is 0 Å². The van der Waals surface area contributed by atoms with Crippen molar-refractivity contribution in [2.75, 3.05) is 26.2 Å². The molecule has 0 bridgehead atoms. The minimum Gasteiger partial charge on any atom is -0.336 e. The van der Waals surface area contributed by atoms with Crippen LogP contribution in [0.4, 0.5) is 0 Å². The van der Waals surface area contributed by atoms with Crippen LogP contribution in [-0.2, 0) is 4.79 Å². The second-order valence-corrected chi connectivity index (χ2v) is 6.36. The number of piperazine rings is 1. The number of carbonyl (C=O) groups is 1. The van der Waals surface area contributed by atoms with Crippen molar-refractivity contribution >= 4 is 5.91 Å². The van der Waals surface area contributed by atoms with E-state index < -0.39 is 0 Å². The molecule has 0 aromatic rings. The van der Waals surface area contributed by atoms with E-state index >= 15 is 0 Å². The fourth-order valence-corrected chi connectivity index (χ4v) is 3.47. The van der Waals surface area contributed by atoms with E-state index in [0.29, 0.717) is 30.6 Å². The molecule has 0 unspecified atom stereocenters. The molecule has 1 amide bonds. The first-order chi connectivity index (χ1) is 9.09. The van der Waals surface area contributed by atoms with Crippen molar-refractivity contribution in [2.45, 2.75) is 64.6 Å². The molecule has 4 heteroatoms. The number of nitrogens with zero attached hydrogens (tertiary/aromatic N) is 2. The van der Waals surface area contributed by atoms with Crippen molar-refractivity contribution in [1.82, 2.24) is 15.1 Å². The van der Waals surface area contributed by atoms with Gasteiger partial charge in [0.25, 0.3) is 0 Å². The van der Waals surface area contributed by atoms with Crippen molar-refractivity contribution in [1.29, 1.82) is 0 Å². The average Bonchev–Trinajstić information content (AvgIpc) is 2.85. The lowest BCUT2D eigenvalue weighted by atomic mass is 10.1. The Morgan fingerprint density at radius 1 is 1.37 bits per heavy atom. The van der Waals surface area contributed by atoms with Crippen LogP contribution in [0.25, 0.3) is 0 Å². The number of hydrogen-bond donors (Lipinski definition) is 1. The van der Waals surface area contributed by atoms with Crippen LogP contribution in [0.3, 0.4) is 0 Å². The highest BCUT2D eigenvalue weighted by atomic mass is 16.2. The summed E-state index contributed by atoms with van der Waals surface area (Å²) in [6, 6.07) is 1.29. The van der Waals surface area contributed by atoms with Gasteiger partial charge in [0.2, 0.25) is 5.91 Å². The Hall–Kier alpha value is -0.610. The van der Waals surface area contributed by atoms with Crippen molar-refractivity contribution in [2.24, 2.45) is 0 Å². The van der Waals surface area contributed by atoms with Gasteiger partial charge in [-0.05, 0) is 33.6 Å². The van der Waals surface area contributed by atoms with Crippen LogP contribution in [0.15, 0.2) is 0 Å². The molecule has 0 aromatic heterocycles. The van der Waals surface area contributed by atoms with E-state index in [4.69, 9.17) is 0 Å². The highest BCUT2D eigenvalue weighted by molar-refractivity contribution is 5.79. The second-order valence-electron chi connectivity index (χ2n) is 6.36. The summed E-state index contributed by atoms with van der Waals surface area (Å²) in [5.74, 6) is 0.329. The lowest BCUT2D eigenvalue weighted by molar-refractivity contribution is -0.137. The van der Waals surface area contributed by atoms with Crippen LogP contribution in [0, 0.1) is 0 Å². The Labute approximate surface area is 117 Å². The number of amides is 1. The summed E-state index contributed by atoms with van der Waals surface area (Å²) in [5.41, 5.74) is 0. The molecule has 2 rings (SSSR count). The summed E-state index contributed by atoms with van der Waals surface area (Å²) in [5, 5.41) is 3.38. The summed E-state index contributed by atoms with van der Waals surface area (Å²) in [4.78, 5) is 17.1. The van der Waals surface area contributed by atoms with E-state index in [2.05, 4.69) is 35.9 Å². The Balaban J connectivity index is 1.94. The van der Waals surface area contributed by atoms with Gasteiger partial charge in [0, 0.05) is 37.8 Å². The predicted octanol–water partition coefficient (Wildman–Crippen LogP) is 1.46. The first kappa shape index (κ1) is 14.8. The smallest absolute Gasteiger partial charge is 0.237 e. The number of hydrogen-bond acceptors (Lipinski definition) is 3. The van der Waals surface area contributed by atoms with E-state index in [-0.39, 0.29) is 0 Å². The Kier molecular flexibility index (Phi) is 5.22. The van der Waals surface area contributed by atoms with Crippen LogP contribution in [0.1, 0.15) is 46.5 Å². The molecule has 19 heavy (non-hydrogen) atoms. The molecule has 1 aliphatic carbocycles. The Morgan fingerprint density at radius 2 is 2.05 bits per heavy atom. The SMILES string of the molecule is CC(C)N(C(=O)CN1CCNC[C@@H]1C)C1CCCC1. The first-order valence-electron chi connectivity index (χ1n) is 7.85. The zero-order valence-corrected chi connectivity index (χ0v) is 12.7. The topological polar surface area (TPSA) is 35.6 Å². The van der Waals surface area contributed by atoms with Gasteiger partial charge in [-0.25, -0.2) is 0 Å². The van der Waals surface area contributed by atoms with E-state index in [1.165, 1.54) is 25.7 Å². The summed E-state index contributed by atoms with van der Waals surface area (Å²) < 4.78 is 0. The number of rotatable bonds is 4. The maximum Gasteiger partial charge on any atom is 0.237 e. The molecule has 1 saturated heterocycles. The molecule has 0 aromatic carbocycles. The zero-order valence-electron chi connectivity index (χ0n) is 12.7. The van der Waals surface area contributed by atoms with E-state index in [1.54, 1.807) is 0 Å². The lowest BCUT2D eigenvalue weighted by Gasteiger charge is -2.38. The Morgan fingerprint density at radius 3 is 2.63 bits per heavy atom. The molecular weight excluding hydrogens is 238 g/mol. The maximum absolute atomic E-state index is 12.6. The lowest BCUT2D eigenvalue weighted by Crippen LogP contribution is -2.55. The van der Waals surface area contributed by atoms with Gasteiger partial charge in [0.15, 0.2) is 0 Å². The van der Waals surface area contributed by atoms with E-state index in [0.717, 1.165) is 19.6 Å². The largest absolute Gasteiger partial charge is 0.336 e. The van der Waals surface area contributed by atoms with Crippen LogP contribution in [0.2, 0.25) is 0 Å². The van der Waals surface area contributed by atoms with Gasteiger partial charge >= 0.3 is 0 Å². The van der Waals surface area contributed by atoms with Crippen molar-refractivity contribution in [3.8, 4) is 0 Å². The fourth-order valence-electron chi connectivity index (χ4n) is 3.47. The van der Waals surface area contributed by atoms with Gasteiger partial charge in [0.1, 0.15) is 0 Å². The first-order valence-corrected chi connectivity index (χ1v) is 7.85. The van der Waals surface area contributed by atoms with Gasteiger partial charge in [-0.15, -0.1) is 0 Å². The standard InChI is InChI=1S/C15H29N3O/c1-12(2)18(14-6-4-5-7-14)15(19)11-17-9-8-16-10-13(17)3/h12-14,16H,4-11H2,1-3H3/t13-/m0/s1. The van der Waals surface area contributed by atoms with Gasteiger partial charge in [0.05, 0.1) is 6.54 Å². The van der Waals surface area contributed by atoms with Gasteiger partial charge < -0.3 is 10.2 Å². The molecule has 2 aliphatic rings. The zero-order chi connectivity index (χ0) is 13.8. The summed E-state index contributed by atoms with van der Waals surface area (Å²) >= 11 is 0. The van der Waals surface area contributed by atoms with Crippen molar-refractivity contribution in [3.63, 3.8) is 0 Å². The molecule has 1 aliphatic heterocycles. The predicted molar refractivity (Wildman–Crippen MR) is 78.1 cm³/mol. The second kappa shape index (κ2) is 6.71. The summed E-state index contributed by atoms with van der Waals surface area (Å²) in [6.45, 7) is 10.1. The quantitative estimate of drug-likeness (QED) is 0.837. The molecule has 110 valence electrons. The monoisotopic (exact) mass is 267 g/mol. The molecule has 2 fully saturated rings. The molecular formula is C15H29N3O. The summed E-state index contributed by atoms with van der Waals surface area (Å²) in [7, 11) is 0. The Bertz CT molecular complexity index is 300. The van der Waals surface area contributed by atoms with Crippen LogP contribution < -0.4 is 5.32 Å². The molecule has 1 heterocycles. The van der Waals surface area contributed by atoms with Crippen LogP contribution in [-0.4, -0.2) is 60.0 Å². The molecule has 1 atom stereocenters. The number of nitrogens with one attached hydrogen (secondary N) is 1. The van der Waals surface area contributed by atoms with Gasteiger partial charge in [-0.2, -0.15) is 0 Å². The molecule has 4 nitrogen and oxygen atoms in total. The highest BCUT2D eigenvalue weighted by Crippen LogP contribution is 2.25. The van der Waals surface area contributed by atoms with Gasteiger partial charge in [-0.1, -0.05) is 12.8 Å². The van der Waals surface area contributed by atoms with Crippen molar-refractivity contribution in [3.05, 3.63) is 0 Å². The molecule has 0 radical (unpaired) electrons. The van der Waals surface area contributed by atoms with Crippen LogP contribution >= 0.6 is 0 Å². The molecule has 0 spiro atoms.